The molecular formula is C36H45N5O5. The van der Waals surface area contributed by atoms with E-state index in [-0.39, 0.29) is 29.9 Å². The average Bonchev–Trinajstić information content (AvgIpc) is 3.76. The van der Waals surface area contributed by atoms with E-state index < -0.39 is 17.3 Å². The maximum atomic E-state index is 13.1. The summed E-state index contributed by atoms with van der Waals surface area (Å²) in [5.74, 6) is 0.356. The highest BCUT2D eigenvalue weighted by molar-refractivity contribution is 5.95. The van der Waals surface area contributed by atoms with Crippen molar-refractivity contribution in [3.63, 3.8) is 0 Å². The summed E-state index contributed by atoms with van der Waals surface area (Å²) in [6.45, 7) is 11.7. The Balaban J connectivity index is 1.18. The van der Waals surface area contributed by atoms with Crippen molar-refractivity contribution in [1.29, 1.82) is 0 Å². The van der Waals surface area contributed by atoms with Crippen LogP contribution >= 0.6 is 0 Å². The fraction of sp³-hybridized carbons (Fsp3) is 0.472. The zero-order valence-electron chi connectivity index (χ0n) is 27.6. The molecule has 0 bridgehead atoms. The maximum Gasteiger partial charge on any atom is 0.433 e. The van der Waals surface area contributed by atoms with Crippen LogP contribution in [-0.2, 0) is 14.3 Å². The van der Waals surface area contributed by atoms with Gasteiger partial charge in [-0.25, -0.2) is 14.6 Å². The number of anilines is 1. The van der Waals surface area contributed by atoms with Crippen molar-refractivity contribution >= 4 is 30.0 Å². The highest BCUT2D eigenvalue weighted by Gasteiger charge is 2.35. The first-order chi connectivity index (χ1) is 21.8. The third kappa shape index (κ3) is 8.41. The zero-order chi connectivity index (χ0) is 33.1. The van der Waals surface area contributed by atoms with E-state index in [4.69, 9.17) is 9.47 Å². The second-order valence-electron chi connectivity index (χ2n) is 14.1. The molecule has 2 fully saturated rings. The van der Waals surface area contributed by atoms with Gasteiger partial charge in [0, 0.05) is 30.3 Å². The molecule has 2 N–H and O–H groups in total. The molecule has 3 amide bonds. The number of benzene rings is 2. The number of imidazole rings is 1. The van der Waals surface area contributed by atoms with Crippen LogP contribution in [0.3, 0.4) is 0 Å². The number of aromatic amines is 1. The normalized spacial score (nSPS) is 20.2. The summed E-state index contributed by atoms with van der Waals surface area (Å²) in [6.07, 6.45) is 6.66. The van der Waals surface area contributed by atoms with Crippen molar-refractivity contribution < 1.29 is 23.9 Å². The van der Waals surface area contributed by atoms with Crippen molar-refractivity contribution in [2.75, 3.05) is 11.9 Å². The molecule has 1 aliphatic heterocycles. The molecule has 1 aromatic heterocycles. The first-order valence-corrected chi connectivity index (χ1v) is 16.1. The van der Waals surface area contributed by atoms with Crippen LogP contribution in [0.1, 0.15) is 85.5 Å². The van der Waals surface area contributed by atoms with Crippen LogP contribution in [0.15, 0.2) is 59.7 Å². The molecule has 5 rings (SSSR count). The Labute approximate surface area is 271 Å². The van der Waals surface area contributed by atoms with Crippen molar-refractivity contribution in [1.82, 2.24) is 14.9 Å². The molecule has 2 aromatic carbocycles. The molecule has 0 spiro atoms. The lowest BCUT2D eigenvalue weighted by Gasteiger charge is -2.27. The number of hydrogen-bond donors (Lipinski definition) is 2. The van der Waals surface area contributed by atoms with E-state index in [9.17, 15) is 14.4 Å². The second kappa shape index (κ2) is 13.5. The predicted molar refractivity (Wildman–Crippen MR) is 179 cm³/mol. The Kier molecular flexibility index (Phi) is 9.65. The van der Waals surface area contributed by atoms with E-state index in [1.807, 2.05) is 63.4 Å². The fourth-order valence-electron chi connectivity index (χ4n) is 6.00. The smallest absolute Gasteiger partial charge is 0.433 e. The molecule has 3 atom stereocenters. The zero-order valence-corrected chi connectivity index (χ0v) is 27.6. The number of nitrogens with zero attached hydrogens (tertiary/aromatic N) is 3. The van der Waals surface area contributed by atoms with Crippen LogP contribution in [0.4, 0.5) is 15.3 Å². The van der Waals surface area contributed by atoms with Gasteiger partial charge in [0.05, 0.1) is 17.9 Å². The SMILES string of the molecule is CC(C)(C)OC(=O)N=CC1CCC[C@H]1C(=O)Nc1ccc(-c2ccc(-c3cnc([C@@H]4CCCN4C(=O)OC(C)(C)C)[nH]3)cc2)cc1. The number of nitrogens with one attached hydrogen (secondary N) is 2. The number of amides is 3. The molecule has 10 heteroatoms. The van der Waals surface area contributed by atoms with Crippen LogP contribution in [0.2, 0.25) is 0 Å². The first kappa shape index (κ1) is 32.9. The molecule has 0 radical (unpaired) electrons. The number of ether oxygens (including phenoxy) is 2. The molecule has 1 unspecified atom stereocenters. The van der Waals surface area contributed by atoms with Gasteiger partial charge < -0.3 is 19.8 Å². The molecule has 244 valence electrons. The molecule has 2 heterocycles. The van der Waals surface area contributed by atoms with Crippen LogP contribution < -0.4 is 5.32 Å². The second-order valence-corrected chi connectivity index (χ2v) is 14.1. The van der Waals surface area contributed by atoms with Gasteiger partial charge in [-0.15, -0.1) is 0 Å². The number of aliphatic imine (C=N–C) groups is 1. The number of hydrogen-bond acceptors (Lipinski definition) is 6. The topological polar surface area (TPSA) is 126 Å². The van der Waals surface area contributed by atoms with Gasteiger partial charge in [-0.3, -0.25) is 9.69 Å². The Hall–Kier alpha value is -4.47. The first-order valence-electron chi connectivity index (χ1n) is 16.1. The summed E-state index contributed by atoms with van der Waals surface area (Å²) in [5, 5.41) is 3.04. The van der Waals surface area contributed by atoms with Gasteiger partial charge in [0.2, 0.25) is 5.91 Å². The van der Waals surface area contributed by atoms with Gasteiger partial charge in [0.15, 0.2) is 0 Å². The molecule has 1 aliphatic carbocycles. The van der Waals surface area contributed by atoms with E-state index in [2.05, 4.69) is 32.4 Å². The van der Waals surface area contributed by atoms with E-state index in [0.717, 1.165) is 66.0 Å². The third-order valence-electron chi connectivity index (χ3n) is 8.14. The lowest BCUT2D eigenvalue weighted by Crippen LogP contribution is -2.36. The van der Waals surface area contributed by atoms with Crippen molar-refractivity contribution in [2.24, 2.45) is 16.8 Å². The van der Waals surface area contributed by atoms with Gasteiger partial charge in [0.25, 0.3) is 0 Å². The van der Waals surface area contributed by atoms with E-state index in [0.29, 0.717) is 6.54 Å². The highest BCUT2D eigenvalue weighted by atomic mass is 16.6. The number of likely N-dealkylation sites (tertiary alicyclic amines) is 1. The number of carbonyl (C=O) groups excluding carboxylic acids is 3. The molecule has 1 saturated carbocycles. The predicted octanol–water partition coefficient (Wildman–Crippen LogP) is 8.18. The Morgan fingerprint density at radius 3 is 2.15 bits per heavy atom. The average molecular weight is 628 g/mol. The lowest BCUT2D eigenvalue weighted by atomic mass is 9.96. The minimum Gasteiger partial charge on any atom is -0.444 e. The summed E-state index contributed by atoms with van der Waals surface area (Å²) < 4.78 is 10.9. The van der Waals surface area contributed by atoms with E-state index in [1.54, 1.807) is 31.9 Å². The molecular weight excluding hydrogens is 582 g/mol. The van der Waals surface area contributed by atoms with Crippen LogP contribution in [-0.4, -0.2) is 56.9 Å². The molecule has 10 nitrogen and oxygen atoms in total. The summed E-state index contributed by atoms with van der Waals surface area (Å²) in [7, 11) is 0. The minimum atomic E-state index is -0.632. The molecule has 1 saturated heterocycles. The van der Waals surface area contributed by atoms with Crippen LogP contribution in [0.25, 0.3) is 22.4 Å². The number of rotatable bonds is 6. The molecule has 3 aromatic rings. The standard InChI is InChI=1S/C36H45N5O5/c1-35(2,3)45-33(43)38-21-26-9-7-10-28(26)32(42)39-27-18-16-24(17-19-27)23-12-14-25(15-13-23)29-22-37-31(40-29)30-11-8-20-41(30)34(44)46-36(4,5)6/h12-19,21-22,26,28,30H,7-11,20H2,1-6H3,(H,37,40)(H,39,42)/t26?,28-,30+/m1/s1. The Morgan fingerprint density at radius 2 is 1.50 bits per heavy atom. The molecule has 2 aliphatic rings. The van der Waals surface area contributed by atoms with Crippen LogP contribution in [0, 0.1) is 11.8 Å². The quantitative estimate of drug-likeness (QED) is 0.266. The van der Waals surface area contributed by atoms with Gasteiger partial charge in [-0.1, -0.05) is 42.8 Å². The van der Waals surface area contributed by atoms with Gasteiger partial charge in [-0.05, 0) is 96.0 Å². The Bertz CT molecular complexity index is 1560. The van der Waals surface area contributed by atoms with Gasteiger partial charge >= 0.3 is 12.2 Å². The summed E-state index contributed by atoms with van der Waals surface area (Å²) in [4.78, 5) is 51.6. The lowest BCUT2D eigenvalue weighted by molar-refractivity contribution is -0.120. The van der Waals surface area contributed by atoms with Crippen LogP contribution in [0.5, 0.6) is 0 Å². The number of aromatic nitrogens is 2. The largest absolute Gasteiger partial charge is 0.444 e. The van der Waals surface area contributed by atoms with E-state index in [1.165, 1.54) is 0 Å². The highest BCUT2D eigenvalue weighted by Crippen LogP contribution is 2.34. The third-order valence-corrected chi connectivity index (χ3v) is 8.14. The van der Waals surface area contributed by atoms with Crippen molar-refractivity contribution in [3.8, 4) is 22.4 Å². The van der Waals surface area contributed by atoms with Crippen molar-refractivity contribution in [3.05, 3.63) is 60.6 Å². The number of H-pyrrole nitrogens is 1. The molecule has 46 heavy (non-hydrogen) atoms. The van der Waals surface area contributed by atoms with Crippen molar-refractivity contribution in [2.45, 2.75) is 90.9 Å². The van der Waals surface area contributed by atoms with Gasteiger partial charge in [0.1, 0.15) is 17.0 Å². The minimum absolute atomic E-state index is 0.0685. The number of carbonyl (C=O) groups is 3. The maximum absolute atomic E-state index is 13.1. The summed E-state index contributed by atoms with van der Waals surface area (Å²) in [5.41, 5.74) is 3.51. The fourth-order valence-corrected chi connectivity index (χ4v) is 6.00. The summed E-state index contributed by atoms with van der Waals surface area (Å²) >= 11 is 0. The summed E-state index contributed by atoms with van der Waals surface area (Å²) in [6, 6.07) is 15.8. The van der Waals surface area contributed by atoms with Gasteiger partial charge in [-0.2, -0.15) is 4.99 Å². The Morgan fingerprint density at radius 1 is 0.870 bits per heavy atom. The van der Waals surface area contributed by atoms with E-state index >= 15 is 0 Å². The monoisotopic (exact) mass is 627 g/mol.